The summed E-state index contributed by atoms with van der Waals surface area (Å²) in [5, 5.41) is 11.2. The molecular weight excluding hydrogens is 292 g/mol. The average Bonchev–Trinajstić information content (AvgIpc) is 2.38. The van der Waals surface area contributed by atoms with Crippen molar-refractivity contribution in [1.82, 2.24) is 10.0 Å². The molecule has 0 spiro atoms. The van der Waals surface area contributed by atoms with E-state index in [0.717, 1.165) is 5.56 Å². The number of carbonyl (C=O) groups is 1. The van der Waals surface area contributed by atoms with Gasteiger partial charge in [0.1, 0.15) is 0 Å². The molecule has 118 valence electrons. The highest BCUT2D eigenvalue weighted by Crippen LogP contribution is 2.15. The Hall–Kier alpha value is -1.44. The van der Waals surface area contributed by atoms with Crippen LogP contribution in [0.5, 0.6) is 0 Å². The summed E-state index contributed by atoms with van der Waals surface area (Å²) in [6, 6.07) is 5.10. The van der Waals surface area contributed by atoms with E-state index in [-0.39, 0.29) is 30.4 Å². The summed E-state index contributed by atoms with van der Waals surface area (Å²) in [5.41, 5.74) is 1.67. The normalized spacial score (nSPS) is 11.4. The third-order valence-electron chi connectivity index (χ3n) is 2.92. The van der Waals surface area contributed by atoms with E-state index < -0.39 is 10.0 Å². The van der Waals surface area contributed by atoms with E-state index in [9.17, 15) is 13.2 Å². The molecule has 6 nitrogen and oxygen atoms in total. The van der Waals surface area contributed by atoms with Gasteiger partial charge >= 0.3 is 0 Å². The number of aliphatic hydroxyl groups excluding tert-OH is 1. The van der Waals surface area contributed by atoms with Gasteiger partial charge in [-0.25, -0.2) is 13.1 Å². The predicted octanol–water partition coefficient (Wildman–Crippen LogP) is 0.470. The van der Waals surface area contributed by atoms with E-state index in [0.29, 0.717) is 18.5 Å². The third-order valence-corrected chi connectivity index (χ3v) is 4.54. The van der Waals surface area contributed by atoms with Crippen molar-refractivity contribution in [1.29, 1.82) is 0 Å². The molecule has 0 radical (unpaired) electrons. The molecule has 0 aromatic heterocycles. The van der Waals surface area contributed by atoms with Crippen LogP contribution in [0.15, 0.2) is 23.1 Å². The summed E-state index contributed by atoms with van der Waals surface area (Å²) < 4.78 is 26.7. The van der Waals surface area contributed by atoms with Crippen LogP contribution in [0, 0.1) is 13.8 Å². The number of aliphatic hydroxyl groups is 1. The van der Waals surface area contributed by atoms with Crippen LogP contribution in [-0.2, 0) is 14.8 Å². The molecule has 7 heteroatoms. The zero-order valence-electron chi connectivity index (χ0n) is 12.3. The quantitative estimate of drug-likeness (QED) is 0.608. The summed E-state index contributed by atoms with van der Waals surface area (Å²) >= 11 is 0. The first-order chi connectivity index (χ1) is 9.86. The second kappa shape index (κ2) is 8.11. The lowest BCUT2D eigenvalue weighted by Crippen LogP contribution is -2.31. The summed E-state index contributed by atoms with van der Waals surface area (Å²) in [7, 11) is -3.60. The van der Waals surface area contributed by atoms with E-state index >= 15 is 0 Å². The maximum absolute atomic E-state index is 12.1. The maximum Gasteiger partial charge on any atom is 0.240 e. The van der Waals surface area contributed by atoms with Gasteiger partial charge in [-0.3, -0.25) is 4.79 Å². The van der Waals surface area contributed by atoms with Crippen molar-refractivity contribution < 1.29 is 18.3 Å². The van der Waals surface area contributed by atoms with Crippen LogP contribution >= 0.6 is 0 Å². The van der Waals surface area contributed by atoms with E-state index in [1.807, 2.05) is 6.92 Å². The van der Waals surface area contributed by atoms with Crippen LogP contribution in [0.1, 0.15) is 24.0 Å². The number of rotatable bonds is 8. The lowest BCUT2D eigenvalue weighted by Gasteiger charge is -2.10. The van der Waals surface area contributed by atoms with Gasteiger partial charge in [0.2, 0.25) is 15.9 Å². The van der Waals surface area contributed by atoms with Gasteiger partial charge in [0.05, 0.1) is 4.90 Å². The topological polar surface area (TPSA) is 95.5 Å². The third kappa shape index (κ3) is 5.82. The molecule has 1 amide bonds. The Morgan fingerprint density at radius 2 is 1.95 bits per heavy atom. The first kappa shape index (κ1) is 17.6. The molecule has 0 bridgehead atoms. The van der Waals surface area contributed by atoms with Crippen molar-refractivity contribution in [3.63, 3.8) is 0 Å². The number of amides is 1. The fourth-order valence-electron chi connectivity index (χ4n) is 1.87. The SMILES string of the molecule is Cc1ccc(S(=O)(=O)NCCC(=O)NCCCO)c(C)c1. The number of benzene rings is 1. The number of carbonyl (C=O) groups excluding carboxylic acids is 1. The lowest BCUT2D eigenvalue weighted by molar-refractivity contribution is -0.120. The summed E-state index contributed by atoms with van der Waals surface area (Å²) in [5.74, 6) is -0.244. The molecule has 1 aromatic rings. The second-order valence-electron chi connectivity index (χ2n) is 4.84. The molecule has 21 heavy (non-hydrogen) atoms. The average molecular weight is 314 g/mol. The van der Waals surface area contributed by atoms with Gasteiger partial charge in [0, 0.05) is 26.1 Å². The molecule has 0 atom stereocenters. The first-order valence-corrected chi connectivity index (χ1v) is 8.29. The van der Waals surface area contributed by atoms with Crippen LogP contribution < -0.4 is 10.0 Å². The largest absolute Gasteiger partial charge is 0.396 e. The molecule has 0 heterocycles. The van der Waals surface area contributed by atoms with Gasteiger partial charge < -0.3 is 10.4 Å². The van der Waals surface area contributed by atoms with Crippen molar-refractivity contribution in [2.45, 2.75) is 31.6 Å². The molecule has 1 rings (SSSR count). The summed E-state index contributed by atoms with van der Waals surface area (Å²) in [4.78, 5) is 11.7. The van der Waals surface area contributed by atoms with E-state index in [2.05, 4.69) is 10.0 Å². The number of hydrogen-bond donors (Lipinski definition) is 3. The van der Waals surface area contributed by atoms with Gasteiger partial charge in [-0.1, -0.05) is 17.7 Å². The fraction of sp³-hybridized carbons (Fsp3) is 0.500. The molecule has 0 fully saturated rings. The van der Waals surface area contributed by atoms with E-state index in [4.69, 9.17) is 5.11 Å². The molecule has 0 saturated heterocycles. The van der Waals surface area contributed by atoms with Gasteiger partial charge in [-0.2, -0.15) is 0 Å². The fourth-order valence-corrected chi connectivity index (χ4v) is 3.13. The number of aryl methyl sites for hydroxylation is 2. The van der Waals surface area contributed by atoms with E-state index in [1.54, 1.807) is 25.1 Å². The van der Waals surface area contributed by atoms with Crippen LogP contribution in [0.3, 0.4) is 0 Å². The van der Waals surface area contributed by atoms with E-state index in [1.165, 1.54) is 0 Å². The Balaban J connectivity index is 2.52. The van der Waals surface area contributed by atoms with Gasteiger partial charge in [-0.15, -0.1) is 0 Å². The zero-order valence-corrected chi connectivity index (χ0v) is 13.2. The second-order valence-corrected chi connectivity index (χ2v) is 6.58. The highest BCUT2D eigenvalue weighted by atomic mass is 32.2. The Bertz CT molecular complexity index is 585. The Morgan fingerprint density at radius 1 is 1.24 bits per heavy atom. The summed E-state index contributed by atoms with van der Waals surface area (Å²) in [6.45, 7) is 4.08. The number of hydrogen-bond acceptors (Lipinski definition) is 4. The molecule has 0 saturated carbocycles. The Labute approximate surface area is 125 Å². The van der Waals surface area contributed by atoms with Crippen molar-refractivity contribution in [2.75, 3.05) is 19.7 Å². The highest BCUT2D eigenvalue weighted by molar-refractivity contribution is 7.89. The smallest absolute Gasteiger partial charge is 0.240 e. The molecule has 0 aliphatic carbocycles. The van der Waals surface area contributed by atoms with Crippen LogP contribution in [0.4, 0.5) is 0 Å². The maximum atomic E-state index is 12.1. The van der Waals surface area contributed by atoms with Gasteiger partial charge in [-0.05, 0) is 31.9 Å². The molecule has 3 N–H and O–H groups in total. The predicted molar refractivity (Wildman–Crippen MR) is 80.4 cm³/mol. The minimum absolute atomic E-state index is 0.0135. The molecular formula is C14H22N2O4S. The Morgan fingerprint density at radius 3 is 2.57 bits per heavy atom. The number of sulfonamides is 1. The van der Waals surface area contributed by atoms with Gasteiger partial charge in [0.25, 0.3) is 0 Å². The molecule has 0 aliphatic rings. The van der Waals surface area contributed by atoms with Gasteiger partial charge in [0.15, 0.2) is 0 Å². The van der Waals surface area contributed by atoms with Crippen LogP contribution in [-0.4, -0.2) is 39.1 Å². The Kier molecular flexibility index (Phi) is 6.80. The standard InChI is InChI=1S/C14H22N2O4S/c1-11-4-5-13(12(2)10-11)21(19,20)16-8-6-14(18)15-7-3-9-17/h4-5,10,16-17H,3,6-9H2,1-2H3,(H,15,18). The monoisotopic (exact) mass is 314 g/mol. The minimum atomic E-state index is -3.60. The molecule has 0 unspecified atom stereocenters. The van der Waals surface area contributed by atoms with Crippen LogP contribution in [0.2, 0.25) is 0 Å². The highest BCUT2D eigenvalue weighted by Gasteiger charge is 2.16. The van der Waals surface area contributed by atoms with Crippen molar-refractivity contribution >= 4 is 15.9 Å². The van der Waals surface area contributed by atoms with Crippen LogP contribution in [0.25, 0.3) is 0 Å². The zero-order chi connectivity index (χ0) is 15.9. The molecule has 1 aromatic carbocycles. The lowest BCUT2D eigenvalue weighted by atomic mass is 10.2. The van der Waals surface area contributed by atoms with Crippen molar-refractivity contribution in [2.24, 2.45) is 0 Å². The number of nitrogens with one attached hydrogen (secondary N) is 2. The molecule has 0 aliphatic heterocycles. The minimum Gasteiger partial charge on any atom is -0.396 e. The summed E-state index contributed by atoms with van der Waals surface area (Å²) in [6.07, 6.45) is 0.551. The van der Waals surface area contributed by atoms with Crippen molar-refractivity contribution in [3.05, 3.63) is 29.3 Å². The van der Waals surface area contributed by atoms with Crippen molar-refractivity contribution in [3.8, 4) is 0 Å². The first-order valence-electron chi connectivity index (χ1n) is 6.81.